The Morgan fingerprint density at radius 3 is 2.74 bits per heavy atom. The number of pyridine rings is 1. The Bertz CT molecular complexity index is 628. The van der Waals surface area contributed by atoms with E-state index in [4.69, 9.17) is 11.6 Å². The van der Waals surface area contributed by atoms with Gasteiger partial charge in [-0.2, -0.15) is 0 Å². The molecular formula is C13H9BrClFN2O. The first-order valence-electron chi connectivity index (χ1n) is 5.36. The van der Waals surface area contributed by atoms with Crippen molar-refractivity contribution < 1.29 is 9.18 Å². The number of amides is 1. The van der Waals surface area contributed by atoms with E-state index in [9.17, 15) is 9.18 Å². The first-order valence-corrected chi connectivity index (χ1v) is 6.53. The molecule has 0 aliphatic heterocycles. The summed E-state index contributed by atoms with van der Waals surface area (Å²) in [6, 6.07) is 7.41. The van der Waals surface area contributed by atoms with E-state index in [2.05, 4.69) is 26.2 Å². The second kappa shape index (κ2) is 5.67. The van der Waals surface area contributed by atoms with Crippen molar-refractivity contribution in [2.45, 2.75) is 6.92 Å². The molecule has 0 spiro atoms. The molecular weight excluding hydrogens is 335 g/mol. The molecule has 1 N–H and O–H groups in total. The van der Waals surface area contributed by atoms with Gasteiger partial charge >= 0.3 is 0 Å². The third-order valence-electron chi connectivity index (χ3n) is 2.36. The van der Waals surface area contributed by atoms with Crippen LogP contribution in [0.15, 0.2) is 34.8 Å². The summed E-state index contributed by atoms with van der Waals surface area (Å²) in [6.45, 7) is 1.73. The number of nitrogens with zero attached hydrogens (tertiary/aromatic N) is 1. The maximum atomic E-state index is 13.6. The number of carbonyl (C=O) groups excluding carboxylic acids is 1. The summed E-state index contributed by atoms with van der Waals surface area (Å²) in [6.07, 6.45) is 0. The Hall–Kier alpha value is -1.46. The smallest absolute Gasteiger partial charge is 0.255 e. The van der Waals surface area contributed by atoms with Crippen molar-refractivity contribution in [3.8, 4) is 0 Å². The summed E-state index contributed by atoms with van der Waals surface area (Å²) in [7, 11) is 0. The summed E-state index contributed by atoms with van der Waals surface area (Å²) in [5, 5.41) is 2.71. The minimum atomic E-state index is -0.514. The number of nitrogens with one attached hydrogen (secondary N) is 1. The summed E-state index contributed by atoms with van der Waals surface area (Å²) in [4.78, 5) is 15.9. The molecule has 0 radical (unpaired) electrons. The zero-order valence-electron chi connectivity index (χ0n) is 9.88. The van der Waals surface area contributed by atoms with E-state index in [-0.39, 0.29) is 10.8 Å². The highest BCUT2D eigenvalue weighted by Crippen LogP contribution is 2.20. The van der Waals surface area contributed by atoms with Crippen molar-refractivity contribution in [1.82, 2.24) is 4.98 Å². The van der Waals surface area contributed by atoms with Crippen LogP contribution in [-0.4, -0.2) is 10.9 Å². The topological polar surface area (TPSA) is 42.0 Å². The molecule has 1 heterocycles. The van der Waals surface area contributed by atoms with Crippen LogP contribution in [0.2, 0.25) is 5.15 Å². The second-order valence-electron chi connectivity index (χ2n) is 3.90. The molecule has 0 saturated carbocycles. The number of rotatable bonds is 2. The van der Waals surface area contributed by atoms with Crippen LogP contribution in [0.1, 0.15) is 16.1 Å². The van der Waals surface area contributed by atoms with Gasteiger partial charge < -0.3 is 5.32 Å². The number of benzene rings is 1. The van der Waals surface area contributed by atoms with Crippen LogP contribution in [0, 0.1) is 12.7 Å². The lowest BCUT2D eigenvalue weighted by molar-refractivity contribution is 0.102. The van der Waals surface area contributed by atoms with Gasteiger partial charge in [-0.05, 0) is 37.3 Å². The quantitative estimate of drug-likeness (QED) is 0.831. The average molecular weight is 344 g/mol. The summed E-state index contributed by atoms with van der Waals surface area (Å²) in [5.74, 6) is -0.951. The van der Waals surface area contributed by atoms with E-state index in [0.717, 1.165) is 0 Å². The molecule has 0 fully saturated rings. The summed E-state index contributed by atoms with van der Waals surface area (Å²) in [5.41, 5.74) is 1.06. The lowest BCUT2D eigenvalue weighted by atomic mass is 10.2. The fourth-order valence-electron chi connectivity index (χ4n) is 1.54. The van der Waals surface area contributed by atoms with Crippen molar-refractivity contribution in [3.63, 3.8) is 0 Å². The van der Waals surface area contributed by atoms with Crippen LogP contribution in [0.4, 0.5) is 10.1 Å². The van der Waals surface area contributed by atoms with E-state index in [1.165, 1.54) is 18.2 Å². The number of anilines is 1. The first-order chi connectivity index (χ1) is 8.95. The predicted molar refractivity (Wildman–Crippen MR) is 76.0 cm³/mol. The van der Waals surface area contributed by atoms with Gasteiger partial charge in [0.15, 0.2) is 0 Å². The van der Waals surface area contributed by atoms with Gasteiger partial charge in [0, 0.05) is 15.7 Å². The number of halogens is 3. The zero-order chi connectivity index (χ0) is 14.0. The van der Waals surface area contributed by atoms with Crippen molar-refractivity contribution in [1.29, 1.82) is 0 Å². The predicted octanol–water partition coefficient (Wildman–Crippen LogP) is 4.20. The molecule has 19 heavy (non-hydrogen) atoms. The highest BCUT2D eigenvalue weighted by atomic mass is 79.9. The van der Waals surface area contributed by atoms with E-state index >= 15 is 0 Å². The Labute approximate surface area is 122 Å². The third kappa shape index (κ3) is 3.52. The minimum absolute atomic E-state index is 0.110. The lowest BCUT2D eigenvalue weighted by Crippen LogP contribution is -2.13. The van der Waals surface area contributed by atoms with Crippen LogP contribution in [0.5, 0.6) is 0 Å². The molecule has 0 aliphatic rings. The molecule has 0 unspecified atom stereocenters. The molecule has 0 atom stereocenters. The molecule has 3 nitrogen and oxygen atoms in total. The fourth-order valence-corrected chi connectivity index (χ4v) is 2.13. The first kappa shape index (κ1) is 14.0. The standard InChI is InChI=1S/C13H9BrClFN2O/c1-7-4-8(5-12(15)17-7)13(19)18-11-3-2-9(14)6-10(11)16/h2-6H,1H3,(H,18,19). The fraction of sp³-hybridized carbons (Fsp3) is 0.0769. The molecule has 0 saturated heterocycles. The van der Waals surface area contributed by atoms with Gasteiger partial charge in [0.05, 0.1) is 5.69 Å². The van der Waals surface area contributed by atoms with Gasteiger partial charge in [0.1, 0.15) is 11.0 Å². The van der Waals surface area contributed by atoms with E-state index in [0.29, 0.717) is 15.7 Å². The van der Waals surface area contributed by atoms with Crippen molar-refractivity contribution in [2.24, 2.45) is 0 Å². The number of hydrogen-bond acceptors (Lipinski definition) is 2. The van der Waals surface area contributed by atoms with Gasteiger partial charge in [0.2, 0.25) is 0 Å². The van der Waals surface area contributed by atoms with Gasteiger partial charge in [-0.15, -0.1) is 0 Å². The normalized spacial score (nSPS) is 10.3. The van der Waals surface area contributed by atoms with Crippen LogP contribution in [0.25, 0.3) is 0 Å². The molecule has 2 rings (SSSR count). The largest absolute Gasteiger partial charge is 0.319 e. The maximum absolute atomic E-state index is 13.6. The van der Waals surface area contributed by atoms with Crippen LogP contribution in [-0.2, 0) is 0 Å². The number of aryl methyl sites for hydroxylation is 1. The Kier molecular flexibility index (Phi) is 4.17. The van der Waals surface area contributed by atoms with Crippen molar-refractivity contribution in [3.05, 3.63) is 57.0 Å². The van der Waals surface area contributed by atoms with Crippen LogP contribution >= 0.6 is 27.5 Å². The Balaban J connectivity index is 2.25. The van der Waals surface area contributed by atoms with Gasteiger partial charge in [0.25, 0.3) is 5.91 Å². The molecule has 1 aromatic carbocycles. The minimum Gasteiger partial charge on any atom is -0.319 e. The Morgan fingerprint density at radius 2 is 2.11 bits per heavy atom. The summed E-state index contributed by atoms with van der Waals surface area (Å²) < 4.78 is 14.2. The summed E-state index contributed by atoms with van der Waals surface area (Å²) >= 11 is 8.93. The molecule has 98 valence electrons. The number of carbonyl (C=O) groups is 1. The molecule has 1 aromatic heterocycles. The van der Waals surface area contributed by atoms with E-state index in [1.807, 2.05) is 0 Å². The number of aromatic nitrogens is 1. The third-order valence-corrected chi connectivity index (χ3v) is 3.05. The van der Waals surface area contributed by atoms with Crippen molar-refractivity contribution in [2.75, 3.05) is 5.32 Å². The maximum Gasteiger partial charge on any atom is 0.255 e. The van der Waals surface area contributed by atoms with Gasteiger partial charge in [-0.25, -0.2) is 9.37 Å². The zero-order valence-corrected chi connectivity index (χ0v) is 12.2. The van der Waals surface area contributed by atoms with E-state index < -0.39 is 11.7 Å². The molecule has 6 heteroatoms. The Morgan fingerprint density at radius 1 is 1.37 bits per heavy atom. The monoisotopic (exact) mass is 342 g/mol. The second-order valence-corrected chi connectivity index (χ2v) is 5.20. The average Bonchev–Trinajstić information content (AvgIpc) is 2.31. The number of hydrogen-bond donors (Lipinski definition) is 1. The molecule has 2 aromatic rings. The van der Waals surface area contributed by atoms with E-state index in [1.54, 1.807) is 19.1 Å². The highest BCUT2D eigenvalue weighted by Gasteiger charge is 2.11. The molecule has 0 bridgehead atoms. The SMILES string of the molecule is Cc1cc(C(=O)Nc2ccc(Br)cc2F)cc(Cl)n1. The van der Waals surface area contributed by atoms with Gasteiger partial charge in [-0.3, -0.25) is 4.79 Å². The molecule has 0 aliphatic carbocycles. The highest BCUT2D eigenvalue weighted by molar-refractivity contribution is 9.10. The van der Waals surface area contributed by atoms with Gasteiger partial charge in [-0.1, -0.05) is 27.5 Å². The molecule has 1 amide bonds. The lowest BCUT2D eigenvalue weighted by Gasteiger charge is -2.07. The van der Waals surface area contributed by atoms with Crippen LogP contribution in [0.3, 0.4) is 0 Å². The van der Waals surface area contributed by atoms with Crippen LogP contribution < -0.4 is 5.32 Å². The van der Waals surface area contributed by atoms with Crippen molar-refractivity contribution >= 4 is 39.1 Å².